The van der Waals surface area contributed by atoms with E-state index in [2.05, 4.69) is 53.5 Å². The van der Waals surface area contributed by atoms with Gasteiger partial charge in [-0.15, -0.1) is 0 Å². The number of hydrogen-bond acceptors (Lipinski definition) is 3. The van der Waals surface area contributed by atoms with E-state index in [9.17, 15) is 10.1 Å². The average molecular weight is 370 g/mol. The number of benzene rings is 3. The zero-order chi connectivity index (χ0) is 19.6. The van der Waals surface area contributed by atoms with Crippen molar-refractivity contribution in [2.75, 3.05) is 18.0 Å². The molecule has 0 saturated carbocycles. The predicted molar refractivity (Wildman–Crippen MR) is 116 cm³/mol. The molecule has 0 atom stereocenters. The second-order valence-corrected chi connectivity index (χ2v) is 6.30. The molecule has 0 radical (unpaired) electrons. The van der Waals surface area contributed by atoms with E-state index in [4.69, 9.17) is 0 Å². The molecule has 0 fully saturated rings. The number of nitro groups is 1. The van der Waals surface area contributed by atoms with Gasteiger partial charge in [0.25, 0.3) is 5.69 Å². The Morgan fingerprint density at radius 2 is 1.18 bits per heavy atom. The van der Waals surface area contributed by atoms with Crippen LogP contribution < -0.4 is 4.90 Å². The van der Waals surface area contributed by atoms with Gasteiger partial charge in [0.15, 0.2) is 0 Å². The van der Waals surface area contributed by atoms with E-state index in [1.54, 1.807) is 24.3 Å². The molecule has 4 heteroatoms. The maximum Gasteiger partial charge on any atom is 0.269 e. The fraction of sp³-hybridized carbons (Fsp3) is 0.0833. The number of hydrogen-bond donors (Lipinski definition) is 0. The fourth-order valence-corrected chi connectivity index (χ4v) is 2.83. The molecule has 0 N–H and O–H groups in total. The molecule has 0 aliphatic carbocycles. The van der Waals surface area contributed by atoms with Crippen LogP contribution in [0.1, 0.15) is 11.1 Å². The summed E-state index contributed by atoms with van der Waals surface area (Å²) in [7, 11) is 0. The van der Waals surface area contributed by atoms with Crippen molar-refractivity contribution in [2.45, 2.75) is 0 Å². The largest absolute Gasteiger partial charge is 0.364 e. The second kappa shape index (κ2) is 9.88. The lowest BCUT2D eigenvalue weighted by Gasteiger charge is -2.21. The quantitative estimate of drug-likeness (QED) is 0.370. The SMILES string of the molecule is O=[N+]([O-])c1ccc(N(C/C=C/c2ccccc2)C/C=C/c2ccccc2)cc1. The molecular formula is C24H22N2O2. The van der Waals surface area contributed by atoms with E-state index < -0.39 is 0 Å². The van der Waals surface area contributed by atoms with E-state index in [1.807, 2.05) is 36.4 Å². The van der Waals surface area contributed by atoms with Crippen LogP contribution in [0, 0.1) is 10.1 Å². The van der Waals surface area contributed by atoms with Crippen LogP contribution in [0.25, 0.3) is 12.2 Å². The normalized spacial score (nSPS) is 11.1. The summed E-state index contributed by atoms with van der Waals surface area (Å²) in [6.07, 6.45) is 8.37. The van der Waals surface area contributed by atoms with Gasteiger partial charge in [-0.3, -0.25) is 10.1 Å². The van der Waals surface area contributed by atoms with Crippen molar-refractivity contribution in [2.24, 2.45) is 0 Å². The molecule has 28 heavy (non-hydrogen) atoms. The first-order chi connectivity index (χ1) is 13.7. The van der Waals surface area contributed by atoms with Gasteiger partial charge in [0.05, 0.1) is 4.92 Å². The molecular weight excluding hydrogens is 348 g/mol. The molecule has 3 rings (SSSR count). The van der Waals surface area contributed by atoms with Gasteiger partial charge in [-0.05, 0) is 23.3 Å². The molecule has 4 nitrogen and oxygen atoms in total. The molecule has 0 amide bonds. The Morgan fingerprint density at radius 1 is 0.714 bits per heavy atom. The summed E-state index contributed by atoms with van der Waals surface area (Å²) < 4.78 is 0. The summed E-state index contributed by atoms with van der Waals surface area (Å²) in [5.41, 5.74) is 3.33. The van der Waals surface area contributed by atoms with Gasteiger partial charge in [0.1, 0.15) is 0 Å². The van der Waals surface area contributed by atoms with Crippen molar-refractivity contribution in [1.29, 1.82) is 0 Å². The van der Waals surface area contributed by atoms with Crippen molar-refractivity contribution >= 4 is 23.5 Å². The van der Waals surface area contributed by atoms with Crippen molar-refractivity contribution < 1.29 is 4.92 Å². The highest BCUT2D eigenvalue weighted by atomic mass is 16.6. The zero-order valence-corrected chi connectivity index (χ0v) is 15.5. The topological polar surface area (TPSA) is 46.4 Å². The minimum Gasteiger partial charge on any atom is -0.364 e. The second-order valence-electron chi connectivity index (χ2n) is 6.30. The lowest BCUT2D eigenvalue weighted by Crippen LogP contribution is -2.23. The van der Waals surface area contributed by atoms with Gasteiger partial charge in [0, 0.05) is 30.9 Å². The summed E-state index contributed by atoms with van der Waals surface area (Å²) in [5, 5.41) is 10.9. The van der Waals surface area contributed by atoms with Crippen LogP contribution in [0.5, 0.6) is 0 Å². The van der Waals surface area contributed by atoms with E-state index in [-0.39, 0.29) is 10.6 Å². The molecule has 3 aromatic carbocycles. The highest BCUT2D eigenvalue weighted by Gasteiger charge is 2.08. The number of nitrogens with zero attached hydrogens (tertiary/aromatic N) is 2. The Balaban J connectivity index is 1.73. The van der Waals surface area contributed by atoms with E-state index >= 15 is 0 Å². The van der Waals surface area contributed by atoms with Crippen molar-refractivity contribution in [3.8, 4) is 0 Å². The third-order valence-corrected chi connectivity index (χ3v) is 4.30. The first-order valence-corrected chi connectivity index (χ1v) is 9.15. The van der Waals surface area contributed by atoms with Crippen LogP contribution in [0.2, 0.25) is 0 Å². The summed E-state index contributed by atoms with van der Waals surface area (Å²) in [5.74, 6) is 0. The van der Waals surface area contributed by atoms with Gasteiger partial charge in [-0.1, -0.05) is 85.0 Å². The highest BCUT2D eigenvalue weighted by molar-refractivity contribution is 5.56. The molecule has 140 valence electrons. The van der Waals surface area contributed by atoms with E-state index in [0.29, 0.717) is 13.1 Å². The third-order valence-electron chi connectivity index (χ3n) is 4.30. The van der Waals surface area contributed by atoms with Gasteiger partial charge in [-0.2, -0.15) is 0 Å². The van der Waals surface area contributed by atoms with Gasteiger partial charge in [0.2, 0.25) is 0 Å². The first-order valence-electron chi connectivity index (χ1n) is 9.15. The summed E-state index contributed by atoms with van der Waals surface area (Å²) in [4.78, 5) is 12.7. The van der Waals surface area contributed by atoms with Crippen LogP contribution in [0.4, 0.5) is 11.4 Å². The molecule has 0 unspecified atom stereocenters. The first kappa shape index (κ1) is 19.1. The highest BCUT2D eigenvalue weighted by Crippen LogP contribution is 2.20. The number of non-ortho nitro benzene ring substituents is 1. The monoisotopic (exact) mass is 370 g/mol. The standard InChI is InChI=1S/C24H22N2O2/c27-26(28)24-17-15-23(16-18-24)25(19-7-13-21-9-3-1-4-10-21)20-8-14-22-11-5-2-6-12-22/h1-18H,19-20H2/b13-7+,14-8+. The van der Waals surface area contributed by atoms with E-state index in [1.165, 1.54) is 0 Å². The molecule has 0 saturated heterocycles. The lowest BCUT2D eigenvalue weighted by atomic mass is 10.2. The van der Waals surface area contributed by atoms with Crippen molar-refractivity contribution in [1.82, 2.24) is 0 Å². The molecule has 0 bridgehead atoms. The van der Waals surface area contributed by atoms with Crippen LogP contribution in [-0.2, 0) is 0 Å². The Hall–Kier alpha value is -3.66. The molecule has 0 spiro atoms. The zero-order valence-electron chi connectivity index (χ0n) is 15.5. The summed E-state index contributed by atoms with van der Waals surface area (Å²) >= 11 is 0. The molecule has 0 aliphatic heterocycles. The summed E-state index contributed by atoms with van der Waals surface area (Å²) in [6, 6.07) is 26.9. The molecule has 0 aromatic heterocycles. The summed E-state index contributed by atoms with van der Waals surface area (Å²) in [6.45, 7) is 1.40. The maximum absolute atomic E-state index is 10.9. The number of anilines is 1. The van der Waals surface area contributed by atoms with Crippen LogP contribution in [-0.4, -0.2) is 18.0 Å². The number of nitro benzene ring substituents is 1. The average Bonchev–Trinajstić information content (AvgIpc) is 2.74. The molecule has 0 heterocycles. The van der Waals surface area contributed by atoms with E-state index in [0.717, 1.165) is 16.8 Å². The minimum atomic E-state index is -0.376. The lowest BCUT2D eigenvalue weighted by molar-refractivity contribution is -0.384. The fourth-order valence-electron chi connectivity index (χ4n) is 2.83. The smallest absolute Gasteiger partial charge is 0.269 e. The Labute approximate surface area is 165 Å². The maximum atomic E-state index is 10.9. The third kappa shape index (κ3) is 5.68. The Kier molecular flexibility index (Phi) is 6.74. The van der Waals surface area contributed by atoms with Gasteiger partial charge >= 0.3 is 0 Å². The van der Waals surface area contributed by atoms with Crippen LogP contribution in [0.15, 0.2) is 97.1 Å². The van der Waals surface area contributed by atoms with Gasteiger partial charge in [-0.25, -0.2) is 0 Å². The molecule has 0 aliphatic rings. The minimum absolute atomic E-state index is 0.100. The van der Waals surface area contributed by atoms with Crippen molar-refractivity contribution in [3.05, 3.63) is 118 Å². The van der Waals surface area contributed by atoms with Crippen LogP contribution >= 0.6 is 0 Å². The van der Waals surface area contributed by atoms with Crippen molar-refractivity contribution in [3.63, 3.8) is 0 Å². The Morgan fingerprint density at radius 3 is 1.61 bits per heavy atom. The molecule has 3 aromatic rings. The van der Waals surface area contributed by atoms with Crippen LogP contribution in [0.3, 0.4) is 0 Å². The Bertz CT molecular complexity index is 882. The number of rotatable bonds is 8. The van der Waals surface area contributed by atoms with Gasteiger partial charge < -0.3 is 4.90 Å². The predicted octanol–water partition coefficient (Wildman–Crippen LogP) is 5.83.